The van der Waals surface area contributed by atoms with Crippen LogP contribution in [0.15, 0.2) is 18.2 Å². The number of aliphatic hydroxyl groups is 1. The minimum absolute atomic E-state index is 0.104. The van der Waals surface area contributed by atoms with Gasteiger partial charge in [-0.25, -0.2) is 9.18 Å². The van der Waals surface area contributed by atoms with E-state index in [4.69, 9.17) is 4.74 Å². The number of nitrogens with one attached hydrogen (secondary N) is 1. The minimum Gasteiger partial charge on any atom is -0.389 e. The predicted octanol–water partition coefficient (Wildman–Crippen LogP) is 1.61. The van der Waals surface area contributed by atoms with Crippen molar-refractivity contribution in [1.29, 1.82) is 0 Å². The lowest BCUT2D eigenvalue weighted by molar-refractivity contribution is 0.0501. The molecule has 1 aromatic rings. The van der Waals surface area contributed by atoms with Crippen molar-refractivity contribution in [2.75, 3.05) is 32.6 Å². The summed E-state index contributed by atoms with van der Waals surface area (Å²) in [4.78, 5) is 13.1. The number of hydrogen-bond acceptors (Lipinski definition) is 3. The molecule has 0 saturated carbocycles. The Bertz CT molecular complexity index is 440. The number of methoxy groups -OCH3 is 1. The van der Waals surface area contributed by atoms with Crippen molar-refractivity contribution < 1.29 is 19.0 Å². The van der Waals surface area contributed by atoms with Crippen LogP contribution in [0.1, 0.15) is 5.56 Å². The lowest BCUT2D eigenvalue weighted by Gasteiger charge is -2.21. The number of anilines is 1. The molecule has 0 heterocycles. The highest BCUT2D eigenvalue weighted by Gasteiger charge is 2.15. The Morgan fingerprint density at radius 1 is 1.58 bits per heavy atom. The van der Waals surface area contributed by atoms with Crippen LogP contribution in [0.5, 0.6) is 0 Å². The first-order valence-electron chi connectivity index (χ1n) is 5.89. The van der Waals surface area contributed by atoms with Gasteiger partial charge in [-0.15, -0.1) is 0 Å². The van der Waals surface area contributed by atoms with Crippen molar-refractivity contribution >= 4 is 11.7 Å². The Morgan fingerprint density at radius 3 is 2.84 bits per heavy atom. The van der Waals surface area contributed by atoms with Gasteiger partial charge >= 0.3 is 6.03 Å². The molecule has 0 radical (unpaired) electrons. The summed E-state index contributed by atoms with van der Waals surface area (Å²) in [6.45, 7) is 2.01. The van der Waals surface area contributed by atoms with Crippen LogP contribution in [0.25, 0.3) is 0 Å². The smallest absolute Gasteiger partial charge is 0.321 e. The van der Waals surface area contributed by atoms with E-state index in [-0.39, 0.29) is 18.8 Å². The van der Waals surface area contributed by atoms with Gasteiger partial charge in [-0.2, -0.15) is 0 Å². The second-order valence-corrected chi connectivity index (χ2v) is 4.40. The fraction of sp³-hybridized carbons (Fsp3) is 0.462. The Hall–Kier alpha value is -1.66. The first kappa shape index (κ1) is 15.4. The predicted molar refractivity (Wildman–Crippen MR) is 70.7 cm³/mol. The number of rotatable bonds is 5. The highest BCUT2D eigenvalue weighted by atomic mass is 19.1. The molecule has 0 aromatic heterocycles. The summed E-state index contributed by atoms with van der Waals surface area (Å²) in [5, 5.41) is 11.9. The van der Waals surface area contributed by atoms with Crippen LogP contribution in [0.2, 0.25) is 0 Å². The molecule has 0 aliphatic rings. The second-order valence-electron chi connectivity index (χ2n) is 4.40. The third kappa shape index (κ3) is 4.84. The summed E-state index contributed by atoms with van der Waals surface area (Å²) in [6, 6.07) is 4.06. The maximum Gasteiger partial charge on any atom is 0.321 e. The molecular formula is C13H19FN2O3. The average Bonchev–Trinajstić information content (AvgIpc) is 2.32. The van der Waals surface area contributed by atoms with Crippen molar-refractivity contribution in [1.82, 2.24) is 4.90 Å². The van der Waals surface area contributed by atoms with E-state index in [9.17, 15) is 14.3 Å². The highest BCUT2D eigenvalue weighted by Crippen LogP contribution is 2.15. The van der Waals surface area contributed by atoms with Crippen molar-refractivity contribution in [3.05, 3.63) is 29.6 Å². The molecule has 1 rings (SSSR count). The van der Waals surface area contributed by atoms with Gasteiger partial charge in [0, 0.05) is 14.2 Å². The molecule has 106 valence electrons. The molecule has 0 aliphatic heterocycles. The summed E-state index contributed by atoms with van der Waals surface area (Å²) >= 11 is 0. The largest absolute Gasteiger partial charge is 0.389 e. The molecule has 1 unspecified atom stereocenters. The van der Waals surface area contributed by atoms with Crippen molar-refractivity contribution in [2.24, 2.45) is 0 Å². The van der Waals surface area contributed by atoms with Gasteiger partial charge in [0.05, 0.1) is 24.9 Å². The molecule has 1 atom stereocenters. The van der Waals surface area contributed by atoms with Gasteiger partial charge in [0.1, 0.15) is 5.82 Å². The fourth-order valence-electron chi connectivity index (χ4n) is 1.58. The van der Waals surface area contributed by atoms with Gasteiger partial charge in [0.2, 0.25) is 0 Å². The summed E-state index contributed by atoms with van der Waals surface area (Å²) in [5.41, 5.74) is 0.892. The third-order valence-corrected chi connectivity index (χ3v) is 2.56. The Balaban J connectivity index is 2.58. The quantitative estimate of drug-likeness (QED) is 0.854. The number of carbonyl (C=O) groups excluding carboxylic acids is 1. The summed E-state index contributed by atoms with van der Waals surface area (Å²) in [7, 11) is 2.98. The molecule has 0 fully saturated rings. The summed E-state index contributed by atoms with van der Waals surface area (Å²) in [6.07, 6.45) is -0.774. The molecule has 6 heteroatoms. The topological polar surface area (TPSA) is 61.8 Å². The van der Waals surface area contributed by atoms with Gasteiger partial charge in [0.25, 0.3) is 0 Å². The van der Waals surface area contributed by atoms with E-state index in [2.05, 4.69) is 5.32 Å². The zero-order valence-electron chi connectivity index (χ0n) is 11.3. The molecule has 0 bridgehead atoms. The van der Waals surface area contributed by atoms with E-state index in [1.165, 1.54) is 31.2 Å². The number of likely N-dealkylation sites (N-methyl/N-ethyl adjacent to an activating group) is 1. The molecule has 0 spiro atoms. The van der Waals surface area contributed by atoms with Crippen LogP contribution < -0.4 is 5.32 Å². The number of halogens is 1. The van der Waals surface area contributed by atoms with Gasteiger partial charge in [-0.05, 0) is 24.6 Å². The molecule has 2 N–H and O–H groups in total. The maximum atomic E-state index is 13.6. The standard InChI is InChI=1S/C13H19FN2O3/c1-9-4-5-12(11(14)6-9)15-13(18)16(2)7-10(17)8-19-3/h4-6,10,17H,7-8H2,1-3H3,(H,15,18). The first-order valence-corrected chi connectivity index (χ1v) is 5.89. The second kappa shape index (κ2) is 7.06. The monoisotopic (exact) mass is 270 g/mol. The van der Waals surface area contributed by atoms with Gasteiger partial charge in [-0.3, -0.25) is 0 Å². The first-order chi connectivity index (χ1) is 8.93. The van der Waals surface area contributed by atoms with Crippen molar-refractivity contribution in [3.63, 3.8) is 0 Å². The number of amides is 2. The summed E-state index contributed by atoms with van der Waals surface area (Å²) in [5.74, 6) is -0.487. The number of aliphatic hydroxyl groups excluding tert-OH is 1. The van der Waals surface area contributed by atoms with Crippen LogP contribution in [-0.4, -0.2) is 49.5 Å². The van der Waals surface area contributed by atoms with E-state index in [0.717, 1.165) is 5.56 Å². The van der Waals surface area contributed by atoms with Crippen LogP contribution in [0, 0.1) is 12.7 Å². The number of carbonyl (C=O) groups is 1. The van der Waals surface area contributed by atoms with Gasteiger partial charge < -0.3 is 20.1 Å². The number of ether oxygens (including phenoxy) is 1. The molecule has 19 heavy (non-hydrogen) atoms. The molecule has 1 aromatic carbocycles. The fourth-order valence-corrected chi connectivity index (χ4v) is 1.58. The minimum atomic E-state index is -0.774. The molecular weight excluding hydrogens is 251 g/mol. The van der Waals surface area contributed by atoms with E-state index in [1.807, 2.05) is 0 Å². The van der Waals surface area contributed by atoms with Crippen molar-refractivity contribution in [3.8, 4) is 0 Å². The molecule has 2 amide bonds. The van der Waals surface area contributed by atoms with E-state index >= 15 is 0 Å². The molecule has 0 saturated heterocycles. The van der Waals surface area contributed by atoms with Gasteiger partial charge in [-0.1, -0.05) is 6.07 Å². The molecule has 0 aliphatic carbocycles. The van der Waals surface area contributed by atoms with E-state index in [0.29, 0.717) is 0 Å². The number of aryl methyl sites for hydroxylation is 1. The van der Waals surface area contributed by atoms with Crippen LogP contribution >= 0.6 is 0 Å². The van der Waals surface area contributed by atoms with Gasteiger partial charge in [0.15, 0.2) is 0 Å². The number of benzene rings is 1. The number of nitrogens with zero attached hydrogens (tertiary/aromatic N) is 1. The zero-order chi connectivity index (χ0) is 14.4. The van der Waals surface area contributed by atoms with E-state index in [1.54, 1.807) is 13.0 Å². The Morgan fingerprint density at radius 2 is 2.26 bits per heavy atom. The SMILES string of the molecule is COCC(O)CN(C)C(=O)Nc1ccc(C)cc1F. The van der Waals surface area contributed by atoms with Crippen molar-refractivity contribution in [2.45, 2.75) is 13.0 Å². The molecule has 5 nitrogen and oxygen atoms in total. The third-order valence-electron chi connectivity index (χ3n) is 2.56. The lowest BCUT2D eigenvalue weighted by atomic mass is 10.2. The van der Waals surface area contributed by atoms with Crippen LogP contribution in [0.4, 0.5) is 14.9 Å². The van der Waals surface area contributed by atoms with Crippen LogP contribution in [-0.2, 0) is 4.74 Å². The lowest BCUT2D eigenvalue weighted by Crippen LogP contribution is -2.38. The Kier molecular flexibility index (Phi) is 5.72. The maximum absolute atomic E-state index is 13.6. The highest BCUT2D eigenvalue weighted by molar-refractivity contribution is 5.89. The zero-order valence-corrected chi connectivity index (χ0v) is 11.3. The average molecular weight is 270 g/mol. The number of urea groups is 1. The van der Waals surface area contributed by atoms with Crippen LogP contribution in [0.3, 0.4) is 0 Å². The van der Waals surface area contributed by atoms with E-state index < -0.39 is 18.0 Å². The number of hydrogen-bond donors (Lipinski definition) is 2. The normalized spacial score (nSPS) is 12.1. The summed E-state index contributed by atoms with van der Waals surface area (Å²) < 4.78 is 18.3. The Labute approximate surface area is 112 Å².